The number of aliphatic carboxylic acids is 2. The minimum atomic E-state index is -1.11. The molecule has 0 radical (unpaired) electrons. The van der Waals surface area contributed by atoms with Crippen LogP contribution < -0.4 is 0 Å². The number of nitrogens with zero attached hydrogens (tertiary/aromatic N) is 3. The zero-order chi connectivity index (χ0) is 41.9. The number of carbonyl (C=O) groups excluding carboxylic acids is 3. The number of hydrogen-bond acceptors (Lipinski definition) is 16. The van der Waals surface area contributed by atoms with Gasteiger partial charge in [-0.25, -0.2) is 0 Å². The number of carboxylic acid groups (broad SMARTS) is 2. The lowest BCUT2D eigenvalue weighted by Crippen LogP contribution is -2.46. The Morgan fingerprint density at radius 1 is 0.382 bits per heavy atom. The molecular weight excluding hydrogens is 726 g/mol. The zero-order valence-corrected chi connectivity index (χ0v) is 34.7. The highest BCUT2D eigenvalue weighted by molar-refractivity contribution is 5.74. The van der Waals surface area contributed by atoms with Crippen molar-refractivity contribution in [2.45, 2.75) is 85.5 Å². The number of hydrogen-bond donors (Lipinski definition) is 2. The van der Waals surface area contributed by atoms with Crippen LogP contribution in [0.25, 0.3) is 0 Å². The molecule has 2 N–H and O–H groups in total. The first-order valence-corrected chi connectivity index (χ1v) is 18.7. The maximum atomic E-state index is 12.9. The van der Waals surface area contributed by atoms with Crippen molar-refractivity contribution in [3.8, 4) is 0 Å². The van der Waals surface area contributed by atoms with Crippen molar-refractivity contribution in [3.05, 3.63) is 0 Å². The molecule has 0 saturated carbocycles. The third-order valence-corrected chi connectivity index (χ3v) is 6.64. The molecule has 0 rings (SSSR count). The van der Waals surface area contributed by atoms with E-state index in [4.69, 9.17) is 43.0 Å². The molecule has 322 valence electrons. The summed E-state index contributed by atoms with van der Waals surface area (Å²) in [5.74, 6) is -3.47. The lowest BCUT2D eigenvalue weighted by molar-refractivity contribution is -0.159. The highest BCUT2D eigenvalue weighted by atomic mass is 16.6. The normalized spacial score (nSPS) is 12.4. The van der Waals surface area contributed by atoms with Crippen molar-refractivity contribution in [1.82, 2.24) is 14.7 Å². The number of carbonyl (C=O) groups is 5. The smallest absolute Gasteiger partial charge is 0.320 e. The highest BCUT2D eigenvalue weighted by Gasteiger charge is 2.25. The molecule has 18 nitrogen and oxygen atoms in total. The van der Waals surface area contributed by atoms with E-state index in [-0.39, 0.29) is 52.4 Å². The van der Waals surface area contributed by atoms with Crippen LogP contribution in [0.3, 0.4) is 0 Å². The first-order valence-electron chi connectivity index (χ1n) is 18.7. The van der Waals surface area contributed by atoms with Gasteiger partial charge in [-0.2, -0.15) is 0 Å². The lowest BCUT2D eigenvalue weighted by atomic mass is 10.2. The Morgan fingerprint density at radius 3 is 1.00 bits per heavy atom. The van der Waals surface area contributed by atoms with Crippen LogP contribution in [0.5, 0.6) is 0 Å². The molecule has 0 aliphatic carbocycles. The summed E-state index contributed by atoms with van der Waals surface area (Å²) >= 11 is 0. The molecule has 0 saturated heterocycles. The summed E-state index contributed by atoms with van der Waals surface area (Å²) in [6.45, 7) is 19.7. The minimum absolute atomic E-state index is 0.0278. The van der Waals surface area contributed by atoms with Gasteiger partial charge in [0.2, 0.25) is 0 Å². The molecule has 0 unspecified atom stereocenters. The molecule has 0 aromatic carbocycles. The summed E-state index contributed by atoms with van der Waals surface area (Å²) in [6, 6.07) is 0. The van der Waals surface area contributed by atoms with E-state index in [2.05, 4.69) is 0 Å². The third-order valence-electron chi connectivity index (χ3n) is 6.64. The second-order valence-electron chi connectivity index (χ2n) is 15.6. The van der Waals surface area contributed by atoms with E-state index in [9.17, 15) is 29.1 Å². The summed E-state index contributed by atoms with van der Waals surface area (Å²) in [6.07, 6.45) is -0.0424. The predicted molar refractivity (Wildman–Crippen MR) is 201 cm³/mol. The molecule has 0 fully saturated rings. The fourth-order valence-electron chi connectivity index (χ4n) is 4.51. The van der Waals surface area contributed by atoms with Crippen molar-refractivity contribution in [3.63, 3.8) is 0 Å². The standard InChI is InChI=1S/C37H69N3O15/c1-35(2,3)53-32(45)27-38(13-14-40(26-31(43)44)29-34(47)55-37(7,8)9)11-12-39(28-33(46)54-36(4,5)6)15-17-49-19-21-51-23-25-52-24-22-50-20-18-48-16-10-30(41)42/h10-29H2,1-9H3,(H,41,42)(H,43,44). The topological polar surface area (TPSA) is 209 Å². The van der Waals surface area contributed by atoms with Crippen LogP contribution in [0.1, 0.15) is 68.7 Å². The van der Waals surface area contributed by atoms with Gasteiger partial charge < -0.3 is 48.1 Å². The van der Waals surface area contributed by atoms with Gasteiger partial charge in [0.25, 0.3) is 0 Å². The first-order chi connectivity index (χ1) is 25.5. The molecule has 0 amide bonds. The van der Waals surface area contributed by atoms with Crippen LogP contribution in [0.2, 0.25) is 0 Å². The Bertz CT molecular complexity index is 1100. The molecule has 0 bridgehead atoms. The molecule has 0 atom stereocenters. The highest BCUT2D eigenvalue weighted by Crippen LogP contribution is 2.10. The first kappa shape index (κ1) is 52.0. The Kier molecular flexibility index (Phi) is 26.9. The van der Waals surface area contributed by atoms with Crippen LogP contribution in [-0.4, -0.2) is 197 Å². The van der Waals surface area contributed by atoms with E-state index in [0.717, 1.165) is 0 Å². The van der Waals surface area contributed by atoms with Gasteiger partial charge in [0.1, 0.15) is 16.8 Å². The van der Waals surface area contributed by atoms with Crippen molar-refractivity contribution >= 4 is 29.8 Å². The molecule has 18 heteroatoms. The SMILES string of the molecule is CC(C)(C)OC(=O)CN(CCOCCOCCOCCOCCOCCC(=O)O)CCN(CCN(CC(=O)O)CC(=O)OC(C)(C)C)CC(=O)OC(C)(C)C. The summed E-state index contributed by atoms with van der Waals surface area (Å²) in [5, 5.41) is 18.0. The molecule has 0 aromatic rings. The van der Waals surface area contributed by atoms with Crippen LogP contribution in [0.4, 0.5) is 0 Å². The van der Waals surface area contributed by atoms with E-state index in [1.165, 1.54) is 4.90 Å². The Balaban J connectivity index is 5.07. The number of rotatable bonds is 32. The summed E-state index contributed by atoms with van der Waals surface area (Å²) in [5.41, 5.74) is -2.14. The number of esters is 3. The second-order valence-corrected chi connectivity index (χ2v) is 15.6. The van der Waals surface area contributed by atoms with Gasteiger partial charge in [0.15, 0.2) is 0 Å². The summed E-state index contributed by atoms with van der Waals surface area (Å²) in [4.78, 5) is 65.3. The monoisotopic (exact) mass is 795 g/mol. The van der Waals surface area contributed by atoms with Gasteiger partial charge in [-0.1, -0.05) is 0 Å². The number of carboxylic acids is 2. The Morgan fingerprint density at radius 2 is 0.673 bits per heavy atom. The van der Waals surface area contributed by atoms with Gasteiger partial charge in [0.05, 0.1) is 98.7 Å². The fourth-order valence-corrected chi connectivity index (χ4v) is 4.51. The largest absolute Gasteiger partial charge is 0.481 e. The van der Waals surface area contributed by atoms with E-state index < -0.39 is 53.2 Å². The van der Waals surface area contributed by atoms with E-state index in [0.29, 0.717) is 72.5 Å². The van der Waals surface area contributed by atoms with Gasteiger partial charge >= 0.3 is 29.8 Å². The van der Waals surface area contributed by atoms with Crippen molar-refractivity contribution in [2.75, 3.05) is 125 Å². The molecule has 0 aliphatic rings. The summed E-state index contributed by atoms with van der Waals surface area (Å²) in [7, 11) is 0. The average Bonchev–Trinajstić information content (AvgIpc) is 3.00. The molecule has 0 heterocycles. The Hall–Kier alpha value is -2.97. The van der Waals surface area contributed by atoms with Gasteiger partial charge in [-0.15, -0.1) is 0 Å². The fraction of sp³-hybridized carbons (Fsp3) is 0.865. The van der Waals surface area contributed by atoms with E-state index >= 15 is 0 Å². The van der Waals surface area contributed by atoms with Crippen LogP contribution in [0.15, 0.2) is 0 Å². The molecule has 55 heavy (non-hydrogen) atoms. The van der Waals surface area contributed by atoms with Crippen molar-refractivity contribution in [2.24, 2.45) is 0 Å². The van der Waals surface area contributed by atoms with E-state index in [1.807, 2.05) is 4.90 Å². The van der Waals surface area contributed by atoms with Crippen LogP contribution in [0, 0.1) is 0 Å². The van der Waals surface area contributed by atoms with E-state index in [1.54, 1.807) is 67.2 Å². The molecule has 0 aliphatic heterocycles. The maximum Gasteiger partial charge on any atom is 0.320 e. The van der Waals surface area contributed by atoms with Crippen molar-refractivity contribution < 1.29 is 72.1 Å². The van der Waals surface area contributed by atoms with Crippen molar-refractivity contribution in [1.29, 1.82) is 0 Å². The van der Waals surface area contributed by atoms with Crippen LogP contribution in [-0.2, 0) is 61.9 Å². The zero-order valence-electron chi connectivity index (χ0n) is 34.7. The average molecular weight is 796 g/mol. The minimum Gasteiger partial charge on any atom is -0.481 e. The number of ether oxygens (including phenoxy) is 8. The second kappa shape index (κ2) is 28.4. The van der Waals surface area contributed by atoms with Gasteiger partial charge in [-0.3, -0.25) is 38.7 Å². The molecular formula is C37H69N3O15. The van der Waals surface area contributed by atoms with Gasteiger partial charge in [-0.05, 0) is 62.3 Å². The van der Waals surface area contributed by atoms with Gasteiger partial charge in [0, 0.05) is 32.7 Å². The maximum absolute atomic E-state index is 12.9. The molecule has 0 aromatic heterocycles. The third kappa shape index (κ3) is 36.4. The Labute approximate surface area is 326 Å². The predicted octanol–water partition coefficient (Wildman–Crippen LogP) is 1.56. The van der Waals surface area contributed by atoms with Crippen LogP contribution >= 0.6 is 0 Å². The summed E-state index contributed by atoms with van der Waals surface area (Å²) < 4.78 is 43.7. The molecule has 0 spiro atoms. The lowest BCUT2D eigenvalue weighted by Gasteiger charge is -2.30. The quantitative estimate of drug-likeness (QED) is 0.0562.